The lowest BCUT2D eigenvalue weighted by molar-refractivity contribution is -0.159. The number of carboxylic acids is 1. The molecule has 0 spiro atoms. The average molecular weight is 298 g/mol. The van der Waals surface area contributed by atoms with Crippen molar-refractivity contribution in [2.75, 3.05) is 6.61 Å². The maximum atomic E-state index is 11.3. The predicted octanol–water partition coefficient (Wildman–Crippen LogP) is -0.539. The van der Waals surface area contributed by atoms with Gasteiger partial charge in [0.1, 0.15) is 12.7 Å². The van der Waals surface area contributed by atoms with Crippen molar-refractivity contribution in [3.05, 3.63) is 29.8 Å². The Labute approximate surface area is 119 Å². The minimum Gasteiger partial charge on any atom is -0.504 e. The largest absolute Gasteiger partial charge is 0.504 e. The Bertz CT molecular complexity index is 551. The number of benzene rings is 1. The van der Waals surface area contributed by atoms with Gasteiger partial charge in [-0.3, -0.25) is 0 Å². The first kappa shape index (κ1) is 16.5. The standard InChI is InChI=1S/C13H14O8/c14-8-3-1-7(5-9(8)15)2-4-11(17)21-6-10(16)12(18)13(19)20/h1-5,10,12,14-16,18H,6H2,(H,19,20)/b4-2+. The predicted molar refractivity (Wildman–Crippen MR) is 69.4 cm³/mol. The molecule has 0 bridgehead atoms. The molecular weight excluding hydrogens is 284 g/mol. The number of carbonyl (C=O) groups is 2. The zero-order chi connectivity index (χ0) is 16.0. The van der Waals surface area contributed by atoms with Gasteiger partial charge in [-0.05, 0) is 23.8 Å². The summed E-state index contributed by atoms with van der Waals surface area (Å²) in [6.45, 7) is -0.683. The van der Waals surface area contributed by atoms with Crippen LogP contribution in [0, 0.1) is 0 Å². The highest BCUT2D eigenvalue weighted by atomic mass is 16.5. The summed E-state index contributed by atoms with van der Waals surface area (Å²) < 4.78 is 4.54. The molecule has 8 nitrogen and oxygen atoms in total. The van der Waals surface area contributed by atoms with E-state index in [4.69, 9.17) is 15.3 Å². The molecule has 1 aromatic carbocycles. The van der Waals surface area contributed by atoms with Crippen LogP contribution in [0.15, 0.2) is 24.3 Å². The minimum absolute atomic E-state index is 0.305. The summed E-state index contributed by atoms with van der Waals surface area (Å²) in [4.78, 5) is 21.7. The van der Waals surface area contributed by atoms with Crippen LogP contribution in [0.25, 0.3) is 6.08 Å². The summed E-state index contributed by atoms with van der Waals surface area (Å²) in [6, 6.07) is 3.87. The maximum Gasteiger partial charge on any atom is 0.335 e. The van der Waals surface area contributed by atoms with E-state index >= 15 is 0 Å². The lowest BCUT2D eigenvalue weighted by atomic mass is 10.2. The lowest BCUT2D eigenvalue weighted by Crippen LogP contribution is -2.37. The monoisotopic (exact) mass is 298 g/mol. The molecule has 0 aliphatic carbocycles. The second-order valence-electron chi connectivity index (χ2n) is 4.06. The molecule has 0 radical (unpaired) electrons. The third-order valence-corrected chi connectivity index (χ3v) is 2.43. The summed E-state index contributed by atoms with van der Waals surface area (Å²) >= 11 is 0. The third kappa shape index (κ3) is 5.13. The molecular formula is C13H14O8. The molecule has 21 heavy (non-hydrogen) atoms. The van der Waals surface area contributed by atoms with Gasteiger partial charge in [-0.1, -0.05) is 6.07 Å². The van der Waals surface area contributed by atoms with Crippen LogP contribution < -0.4 is 0 Å². The summed E-state index contributed by atoms with van der Waals surface area (Å²) in [5.74, 6) is -3.17. The SMILES string of the molecule is O=C(/C=C/c1ccc(O)c(O)c1)OCC(O)C(O)C(=O)O. The van der Waals surface area contributed by atoms with E-state index in [1.165, 1.54) is 24.3 Å². The molecule has 2 atom stereocenters. The molecule has 1 aromatic rings. The van der Waals surface area contributed by atoms with Crippen LogP contribution in [0.4, 0.5) is 0 Å². The Kier molecular flexibility index (Phi) is 5.70. The van der Waals surface area contributed by atoms with Gasteiger partial charge in [0.25, 0.3) is 0 Å². The highest BCUT2D eigenvalue weighted by molar-refractivity contribution is 5.87. The minimum atomic E-state index is -2.05. The molecule has 0 aromatic heterocycles. The highest BCUT2D eigenvalue weighted by Gasteiger charge is 2.24. The molecule has 0 fully saturated rings. The second kappa shape index (κ2) is 7.27. The van der Waals surface area contributed by atoms with Gasteiger partial charge in [-0.15, -0.1) is 0 Å². The lowest BCUT2D eigenvalue weighted by Gasteiger charge is -2.13. The van der Waals surface area contributed by atoms with Crippen molar-refractivity contribution in [3.63, 3.8) is 0 Å². The fraction of sp³-hybridized carbons (Fsp3) is 0.231. The number of aromatic hydroxyl groups is 2. The number of phenols is 2. The van der Waals surface area contributed by atoms with E-state index in [-0.39, 0.29) is 11.5 Å². The van der Waals surface area contributed by atoms with Gasteiger partial charge in [0.05, 0.1) is 0 Å². The third-order valence-electron chi connectivity index (χ3n) is 2.43. The number of aliphatic carboxylic acids is 1. The van der Waals surface area contributed by atoms with Gasteiger partial charge < -0.3 is 30.3 Å². The number of hydrogen-bond acceptors (Lipinski definition) is 7. The molecule has 0 saturated heterocycles. The Morgan fingerprint density at radius 2 is 1.86 bits per heavy atom. The number of rotatable bonds is 6. The number of hydrogen-bond donors (Lipinski definition) is 5. The Balaban J connectivity index is 2.51. The van der Waals surface area contributed by atoms with Crippen molar-refractivity contribution in [2.45, 2.75) is 12.2 Å². The quantitative estimate of drug-likeness (QED) is 0.267. The van der Waals surface area contributed by atoms with Gasteiger partial charge in [0.2, 0.25) is 0 Å². The summed E-state index contributed by atoms with van der Waals surface area (Å²) in [7, 11) is 0. The summed E-state index contributed by atoms with van der Waals surface area (Å²) in [5, 5.41) is 44.9. The van der Waals surface area contributed by atoms with E-state index in [1.807, 2.05) is 0 Å². The number of aliphatic hydroxyl groups is 2. The number of esters is 1. The molecule has 114 valence electrons. The van der Waals surface area contributed by atoms with E-state index in [9.17, 15) is 19.8 Å². The van der Waals surface area contributed by atoms with Crippen LogP contribution in [-0.2, 0) is 14.3 Å². The van der Waals surface area contributed by atoms with Gasteiger partial charge in [0, 0.05) is 6.08 Å². The summed E-state index contributed by atoms with van der Waals surface area (Å²) in [6.07, 6.45) is -1.53. The van der Waals surface area contributed by atoms with Crippen LogP contribution in [0.5, 0.6) is 11.5 Å². The van der Waals surface area contributed by atoms with E-state index in [0.717, 1.165) is 6.08 Å². The van der Waals surface area contributed by atoms with Crippen molar-refractivity contribution < 1.29 is 39.9 Å². The number of aliphatic hydroxyl groups excluding tert-OH is 2. The van der Waals surface area contributed by atoms with Crippen LogP contribution in [0.2, 0.25) is 0 Å². The zero-order valence-electron chi connectivity index (χ0n) is 10.7. The van der Waals surface area contributed by atoms with Crippen molar-refractivity contribution in [1.29, 1.82) is 0 Å². The van der Waals surface area contributed by atoms with Gasteiger partial charge in [-0.2, -0.15) is 0 Å². The van der Waals surface area contributed by atoms with Crippen molar-refractivity contribution in [1.82, 2.24) is 0 Å². The van der Waals surface area contributed by atoms with Gasteiger partial charge in [-0.25, -0.2) is 9.59 Å². The van der Waals surface area contributed by atoms with Crippen LogP contribution >= 0.6 is 0 Å². The normalized spacial score (nSPS) is 13.8. The zero-order valence-corrected chi connectivity index (χ0v) is 10.7. The van der Waals surface area contributed by atoms with Crippen LogP contribution in [0.1, 0.15) is 5.56 Å². The second-order valence-corrected chi connectivity index (χ2v) is 4.06. The summed E-state index contributed by atoms with van der Waals surface area (Å²) in [5.41, 5.74) is 0.411. The van der Waals surface area contributed by atoms with Gasteiger partial charge in [0.15, 0.2) is 17.6 Å². The smallest absolute Gasteiger partial charge is 0.335 e. The highest BCUT2D eigenvalue weighted by Crippen LogP contribution is 2.25. The Morgan fingerprint density at radius 1 is 1.19 bits per heavy atom. The maximum absolute atomic E-state index is 11.3. The first-order chi connectivity index (χ1) is 9.81. The number of phenolic OH excluding ortho intramolecular Hbond substituents is 2. The van der Waals surface area contributed by atoms with Crippen LogP contribution in [0.3, 0.4) is 0 Å². The van der Waals surface area contributed by atoms with E-state index in [1.54, 1.807) is 0 Å². The van der Waals surface area contributed by atoms with Crippen LogP contribution in [-0.4, -0.2) is 56.3 Å². The molecule has 0 amide bonds. The Hall–Kier alpha value is -2.58. The molecule has 0 saturated carbocycles. The van der Waals surface area contributed by atoms with Crippen molar-refractivity contribution in [3.8, 4) is 11.5 Å². The fourth-order valence-electron chi connectivity index (χ4n) is 1.28. The Morgan fingerprint density at radius 3 is 2.43 bits per heavy atom. The topological polar surface area (TPSA) is 145 Å². The molecule has 5 N–H and O–H groups in total. The van der Waals surface area contributed by atoms with E-state index in [2.05, 4.69) is 4.74 Å². The number of carboxylic acid groups (broad SMARTS) is 1. The molecule has 0 aliphatic heterocycles. The van der Waals surface area contributed by atoms with Crippen molar-refractivity contribution >= 4 is 18.0 Å². The number of ether oxygens (including phenoxy) is 1. The van der Waals surface area contributed by atoms with Gasteiger partial charge >= 0.3 is 11.9 Å². The molecule has 8 heteroatoms. The van der Waals surface area contributed by atoms with E-state index in [0.29, 0.717) is 5.56 Å². The first-order valence-electron chi connectivity index (χ1n) is 5.77. The first-order valence-corrected chi connectivity index (χ1v) is 5.77. The average Bonchev–Trinajstić information content (AvgIpc) is 2.44. The molecule has 2 unspecified atom stereocenters. The molecule has 0 aliphatic rings. The number of carbonyl (C=O) groups excluding carboxylic acids is 1. The van der Waals surface area contributed by atoms with Crippen molar-refractivity contribution in [2.24, 2.45) is 0 Å². The molecule has 1 rings (SSSR count). The molecule has 0 heterocycles. The van der Waals surface area contributed by atoms with E-state index < -0.39 is 30.8 Å². The fourth-order valence-corrected chi connectivity index (χ4v) is 1.28.